The van der Waals surface area contributed by atoms with Gasteiger partial charge < -0.3 is 14.5 Å². The number of hydrogen-bond acceptors (Lipinski definition) is 6. The topological polar surface area (TPSA) is 82.4 Å². The molecule has 7 heteroatoms. The molecule has 0 spiro atoms. The highest BCUT2D eigenvalue weighted by atomic mass is 16.5. The molecule has 168 valence electrons. The predicted molar refractivity (Wildman–Crippen MR) is 123 cm³/mol. The van der Waals surface area contributed by atoms with Crippen LogP contribution in [0.15, 0.2) is 24.4 Å². The summed E-state index contributed by atoms with van der Waals surface area (Å²) in [6.07, 6.45) is 5.38. The van der Waals surface area contributed by atoms with Crippen molar-refractivity contribution in [3.8, 4) is 17.2 Å². The fraction of sp³-hybridized carbons (Fsp3) is 0.520. The van der Waals surface area contributed by atoms with Crippen LogP contribution in [0.3, 0.4) is 0 Å². The van der Waals surface area contributed by atoms with Gasteiger partial charge in [0.05, 0.1) is 24.3 Å². The van der Waals surface area contributed by atoms with Crippen molar-refractivity contribution >= 4 is 11.7 Å². The summed E-state index contributed by atoms with van der Waals surface area (Å²) in [6.45, 7) is 6.55. The van der Waals surface area contributed by atoms with Crippen LogP contribution >= 0.6 is 0 Å². The van der Waals surface area contributed by atoms with E-state index in [1.165, 1.54) is 0 Å². The van der Waals surface area contributed by atoms with Gasteiger partial charge in [0.15, 0.2) is 0 Å². The first kappa shape index (κ1) is 22.2. The first-order valence-corrected chi connectivity index (χ1v) is 11.5. The number of hydrogen-bond donors (Lipinski definition) is 0. The second-order valence-corrected chi connectivity index (χ2v) is 8.69. The molecule has 1 aliphatic carbocycles. The number of nitriles is 1. The number of nitrogens with zero attached hydrogens (tertiary/aromatic N) is 5. The lowest BCUT2D eigenvalue weighted by Crippen LogP contribution is -2.54. The lowest BCUT2D eigenvalue weighted by atomic mass is 9.98. The van der Waals surface area contributed by atoms with Crippen molar-refractivity contribution < 1.29 is 9.53 Å². The Morgan fingerprint density at radius 1 is 1.31 bits per heavy atom. The van der Waals surface area contributed by atoms with Crippen molar-refractivity contribution in [1.29, 1.82) is 5.26 Å². The normalized spacial score (nSPS) is 18.5. The van der Waals surface area contributed by atoms with E-state index in [4.69, 9.17) is 9.72 Å². The van der Waals surface area contributed by atoms with Crippen molar-refractivity contribution in [3.05, 3.63) is 41.3 Å². The summed E-state index contributed by atoms with van der Waals surface area (Å²) in [5.74, 6) is 1.31. The third-order valence-electron chi connectivity index (χ3n) is 6.37. The minimum Gasteiger partial charge on any atom is -0.384 e. The van der Waals surface area contributed by atoms with Crippen LogP contribution in [0, 0.1) is 11.3 Å². The molecule has 2 fully saturated rings. The van der Waals surface area contributed by atoms with Gasteiger partial charge in [0.2, 0.25) is 5.91 Å². The first-order chi connectivity index (χ1) is 15.5. The van der Waals surface area contributed by atoms with Crippen LogP contribution in [0.2, 0.25) is 0 Å². The third-order valence-corrected chi connectivity index (χ3v) is 6.37. The Morgan fingerprint density at radius 2 is 2.12 bits per heavy atom. The van der Waals surface area contributed by atoms with Gasteiger partial charge in [0, 0.05) is 56.2 Å². The molecule has 0 aromatic carbocycles. The van der Waals surface area contributed by atoms with E-state index in [1.54, 1.807) is 7.11 Å². The largest absolute Gasteiger partial charge is 0.384 e. The Morgan fingerprint density at radius 3 is 2.78 bits per heavy atom. The molecular weight excluding hydrogens is 402 g/mol. The van der Waals surface area contributed by atoms with Crippen LogP contribution in [0.5, 0.6) is 0 Å². The van der Waals surface area contributed by atoms with Gasteiger partial charge in [-0.05, 0) is 49.9 Å². The van der Waals surface area contributed by atoms with Crippen molar-refractivity contribution in [2.24, 2.45) is 0 Å². The predicted octanol–water partition coefficient (Wildman–Crippen LogP) is 3.53. The SMILES string of the molecule is CCc1cc(-c2cc(C#N)c(N3CCN(C(=O)CCOC)C(C)C3)nc2C2CC2)ccn1. The maximum absolute atomic E-state index is 12.5. The average molecular weight is 434 g/mol. The number of carbonyl (C=O) groups excluding carboxylic acids is 1. The second kappa shape index (κ2) is 9.66. The molecule has 2 aromatic rings. The molecule has 7 nitrogen and oxygen atoms in total. The molecule has 2 aromatic heterocycles. The Kier molecular flexibility index (Phi) is 6.71. The van der Waals surface area contributed by atoms with Gasteiger partial charge in [-0.2, -0.15) is 5.26 Å². The van der Waals surface area contributed by atoms with Gasteiger partial charge >= 0.3 is 0 Å². The number of rotatable bonds is 7. The molecule has 4 rings (SSSR count). The van der Waals surface area contributed by atoms with Crippen molar-refractivity contribution in [2.75, 3.05) is 38.3 Å². The van der Waals surface area contributed by atoms with E-state index in [2.05, 4.69) is 35.9 Å². The number of anilines is 1. The fourth-order valence-corrected chi connectivity index (χ4v) is 4.43. The molecule has 1 saturated carbocycles. The molecule has 0 bridgehead atoms. The molecule has 1 aliphatic heterocycles. The number of pyridine rings is 2. The Labute approximate surface area is 190 Å². The Hall–Kier alpha value is -2.98. The van der Waals surface area contributed by atoms with Crippen molar-refractivity contribution in [3.63, 3.8) is 0 Å². The minimum absolute atomic E-state index is 0.0535. The van der Waals surface area contributed by atoms with E-state index in [0.717, 1.165) is 47.6 Å². The van der Waals surface area contributed by atoms with Crippen LogP contribution in [-0.2, 0) is 16.0 Å². The summed E-state index contributed by atoms with van der Waals surface area (Å²) in [5, 5.41) is 9.96. The van der Waals surface area contributed by atoms with Crippen LogP contribution in [0.25, 0.3) is 11.1 Å². The lowest BCUT2D eigenvalue weighted by Gasteiger charge is -2.41. The molecule has 1 unspecified atom stereocenters. The molecule has 0 N–H and O–H groups in total. The highest BCUT2D eigenvalue weighted by Gasteiger charge is 2.33. The minimum atomic E-state index is 0.0535. The Balaban J connectivity index is 1.63. The zero-order chi connectivity index (χ0) is 22.7. The first-order valence-electron chi connectivity index (χ1n) is 11.5. The zero-order valence-corrected chi connectivity index (χ0v) is 19.2. The van der Waals surface area contributed by atoms with Gasteiger partial charge in [-0.25, -0.2) is 4.98 Å². The third kappa shape index (κ3) is 4.61. The van der Waals surface area contributed by atoms with Crippen LogP contribution in [0.4, 0.5) is 5.82 Å². The highest BCUT2D eigenvalue weighted by Crippen LogP contribution is 2.45. The number of aromatic nitrogens is 2. The molecule has 2 aliphatic rings. The Bertz CT molecular complexity index is 1030. The van der Waals surface area contributed by atoms with E-state index in [1.807, 2.05) is 23.2 Å². The monoisotopic (exact) mass is 433 g/mol. The zero-order valence-electron chi connectivity index (χ0n) is 19.2. The molecule has 32 heavy (non-hydrogen) atoms. The van der Waals surface area contributed by atoms with Crippen LogP contribution < -0.4 is 4.90 Å². The molecule has 1 atom stereocenters. The summed E-state index contributed by atoms with van der Waals surface area (Å²) in [4.78, 5) is 26.1. The number of methoxy groups -OCH3 is 1. The molecule has 0 radical (unpaired) electrons. The molecule has 3 heterocycles. The number of ether oxygens (including phenoxy) is 1. The molecular formula is C25H31N5O2. The van der Waals surface area contributed by atoms with E-state index in [9.17, 15) is 10.1 Å². The van der Waals surface area contributed by atoms with Crippen molar-refractivity contribution in [1.82, 2.24) is 14.9 Å². The quantitative estimate of drug-likeness (QED) is 0.664. The number of aryl methyl sites for hydroxylation is 1. The number of amides is 1. The summed E-state index contributed by atoms with van der Waals surface area (Å²) >= 11 is 0. The average Bonchev–Trinajstić information content (AvgIpc) is 3.67. The van der Waals surface area contributed by atoms with Gasteiger partial charge in [-0.3, -0.25) is 9.78 Å². The smallest absolute Gasteiger partial charge is 0.225 e. The maximum atomic E-state index is 12.5. The fourth-order valence-electron chi connectivity index (χ4n) is 4.43. The van der Waals surface area contributed by atoms with Gasteiger partial charge in [0.1, 0.15) is 11.9 Å². The van der Waals surface area contributed by atoms with Crippen molar-refractivity contribution in [2.45, 2.75) is 51.5 Å². The second-order valence-electron chi connectivity index (χ2n) is 8.69. The van der Waals surface area contributed by atoms with Crippen LogP contribution in [-0.4, -0.2) is 60.2 Å². The van der Waals surface area contributed by atoms with Crippen LogP contribution in [0.1, 0.15) is 56.0 Å². The van der Waals surface area contributed by atoms with E-state index in [0.29, 0.717) is 44.1 Å². The summed E-state index contributed by atoms with van der Waals surface area (Å²) < 4.78 is 5.06. The standard InChI is InChI=1S/C25H31N5O2/c1-4-21-13-19(7-9-27-21)22-14-20(15-26)25(28-24(22)18-5-6-18)29-10-11-30(17(2)16-29)23(31)8-12-32-3/h7,9,13-14,17-18H,4-6,8,10-12,16H2,1-3H3. The van der Waals surface area contributed by atoms with Gasteiger partial charge in [-0.1, -0.05) is 6.92 Å². The van der Waals surface area contributed by atoms with Gasteiger partial charge in [-0.15, -0.1) is 0 Å². The van der Waals surface area contributed by atoms with Gasteiger partial charge in [0.25, 0.3) is 0 Å². The maximum Gasteiger partial charge on any atom is 0.225 e. The molecule has 1 amide bonds. The van der Waals surface area contributed by atoms with E-state index in [-0.39, 0.29) is 11.9 Å². The van der Waals surface area contributed by atoms with E-state index >= 15 is 0 Å². The number of piperazine rings is 1. The highest BCUT2D eigenvalue weighted by molar-refractivity contribution is 5.77. The molecule has 1 saturated heterocycles. The summed E-state index contributed by atoms with van der Waals surface area (Å²) in [6, 6.07) is 8.55. The number of carbonyl (C=O) groups is 1. The van der Waals surface area contributed by atoms with E-state index < -0.39 is 0 Å². The summed E-state index contributed by atoms with van der Waals surface area (Å²) in [7, 11) is 1.61. The summed E-state index contributed by atoms with van der Waals surface area (Å²) in [5.41, 5.74) is 4.83. The lowest BCUT2D eigenvalue weighted by molar-refractivity contribution is -0.134.